The van der Waals surface area contributed by atoms with Gasteiger partial charge in [-0.1, -0.05) is 0 Å². The van der Waals surface area contributed by atoms with E-state index >= 15 is 0 Å². The Labute approximate surface area is 109 Å². The van der Waals surface area contributed by atoms with Crippen LogP contribution in [0.4, 0.5) is 5.69 Å². The van der Waals surface area contributed by atoms with Crippen molar-refractivity contribution in [2.45, 2.75) is 0 Å². The summed E-state index contributed by atoms with van der Waals surface area (Å²) in [6, 6.07) is 3.11. The quantitative estimate of drug-likeness (QED) is 0.560. The summed E-state index contributed by atoms with van der Waals surface area (Å²) in [5.74, 6) is -4.12. The summed E-state index contributed by atoms with van der Waals surface area (Å²) >= 11 is 0. The Morgan fingerprint density at radius 1 is 1.20 bits per heavy atom. The highest BCUT2D eigenvalue weighted by Gasteiger charge is 2.25. The molecule has 0 spiro atoms. The van der Waals surface area contributed by atoms with Crippen LogP contribution in [0.1, 0.15) is 20.8 Å². The monoisotopic (exact) mass is 278 g/mol. The number of nitrogens with zero attached hydrogens (tertiary/aromatic N) is 2. The molecule has 1 heterocycles. The predicted molar refractivity (Wildman–Crippen MR) is 64.0 cm³/mol. The number of aromatic hydroxyl groups is 1. The smallest absolute Gasteiger partial charge is 0.355 e. The lowest BCUT2D eigenvalue weighted by atomic mass is 10.1. The van der Waals surface area contributed by atoms with Crippen LogP contribution < -0.4 is 0 Å². The van der Waals surface area contributed by atoms with Crippen molar-refractivity contribution >= 4 is 28.5 Å². The van der Waals surface area contributed by atoms with Crippen LogP contribution >= 0.6 is 0 Å². The first-order valence-electron chi connectivity index (χ1n) is 5.10. The molecule has 0 bridgehead atoms. The number of nitro groups is 1. The summed E-state index contributed by atoms with van der Waals surface area (Å²) in [4.78, 5) is 35.4. The summed E-state index contributed by atoms with van der Waals surface area (Å²) in [5.41, 5.74) is -2.29. The number of nitro benzene ring substituents is 1. The van der Waals surface area contributed by atoms with E-state index in [1.807, 2.05) is 0 Å². The van der Waals surface area contributed by atoms with Crippen LogP contribution in [0.3, 0.4) is 0 Å². The van der Waals surface area contributed by atoms with Gasteiger partial charge in [0, 0.05) is 17.5 Å². The number of non-ortho nitro benzene ring substituents is 1. The van der Waals surface area contributed by atoms with Gasteiger partial charge in [0.2, 0.25) is 0 Å². The van der Waals surface area contributed by atoms with Gasteiger partial charge >= 0.3 is 11.9 Å². The molecule has 0 aliphatic rings. The standard InChI is InChI=1S/C11H6N2O7/c14-9-5-2-1-4(13(19)20)3-6(5)12-8(11(17)18)7(9)10(15)16/h1-3H,(H,12,14)(H,15,16)(H,17,18). The summed E-state index contributed by atoms with van der Waals surface area (Å²) < 4.78 is 0. The molecule has 0 atom stereocenters. The van der Waals surface area contributed by atoms with Crippen molar-refractivity contribution < 1.29 is 29.8 Å². The Balaban J connectivity index is 2.89. The number of pyridine rings is 1. The highest BCUT2D eigenvalue weighted by Crippen LogP contribution is 2.31. The van der Waals surface area contributed by atoms with Gasteiger partial charge in [-0.2, -0.15) is 0 Å². The molecule has 0 aliphatic carbocycles. The molecule has 2 rings (SSSR count). The molecule has 102 valence electrons. The number of hydrogen-bond donors (Lipinski definition) is 3. The molecule has 2 aromatic rings. The van der Waals surface area contributed by atoms with Crippen LogP contribution in [0.25, 0.3) is 10.9 Å². The lowest BCUT2D eigenvalue weighted by Gasteiger charge is -2.07. The average molecular weight is 278 g/mol. The van der Waals surface area contributed by atoms with E-state index in [4.69, 9.17) is 10.2 Å². The Morgan fingerprint density at radius 2 is 1.85 bits per heavy atom. The maximum atomic E-state index is 11.0. The molecule has 20 heavy (non-hydrogen) atoms. The predicted octanol–water partition coefficient (Wildman–Crippen LogP) is 1.24. The van der Waals surface area contributed by atoms with Crippen molar-refractivity contribution in [2.75, 3.05) is 0 Å². The first-order valence-corrected chi connectivity index (χ1v) is 5.10. The molecule has 1 aromatic heterocycles. The molecule has 9 heteroatoms. The molecule has 0 amide bonds. The minimum Gasteiger partial charge on any atom is -0.506 e. The Morgan fingerprint density at radius 3 is 2.35 bits per heavy atom. The van der Waals surface area contributed by atoms with Gasteiger partial charge < -0.3 is 15.3 Å². The van der Waals surface area contributed by atoms with Gasteiger partial charge in [-0.3, -0.25) is 10.1 Å². The zero-order chi connectivity index (χ0) is 15.0. The number of aromatic carboxylic acids is 2. The fourth-order valence-corrected chi connectivity index (χ4v) is 1.71. The summed E-state index contributed by atoms with van der Waals surface area (Å²) in [7, 11) is 0. The molecule has 0 saturated carbocycles. The fraction of sp³-hybridized carbons (Fsp3) is 0. The Bertz CT molecular complexity index is 769. The largest absolute Gasteiger partial charge is 0.506 e. The Hall–Kier alpha value is -3.23. The normalized spacial score (nSPS) is 10.4. The summed E-state index contributed by atoms with van der Waals surface area (Å²) in [6.07, 6.45) is 0. The van der Waals surface area contributed by atoms with Crippen molar-refractivity contribution in [3.8, 4) is 5.75 Å². The average Bonchev–Trinajstić information content (AvgIpc) is 2.37. The van der Waals surface area contributed by atoms with E-state index in [1.54, 1.807) is 0 Å². The van der Waals surface area contributed by atoms with Gasteiger partial charge in [-0.05, 0) is 6.07 Å². The Kier molecular flexibility index (Phi) is 2.95. The molecule has 3 N–H and O–H groups in total. The number of rotatable bonds is 3. The second-order valence-electron chi connectivity index (χ2n) is 3.75. The first kappa shape index (κ1) is 13.2. The van der Waals surface area contributed by atoms with Gasteiger partial charge in [0.15, 0.2) is 5.69 Å². The van der Waals surface area contributed by atoms with E-state index in [-0.39, 0.29) is 16.6 Å². The van der Waals surface area contributed by atoms with E-state index < -0.39 is 33.9 Å². The van der Waals surface area contributed by atoms with Crippen LogP contribution in [0, 0.1) is 10.1 Å². The summed E-state index contributed by atoms with van der Waals surface area (Å²) in [6.45, 7) is 0. The number of fused-ring (bicyclic) bond motifs is 1. The second kappa shape index (κ2) is 4.46. The van der Waals surface area contributed by atoms with Crippen molar-refractivity contribution in [2.24, 2.45) is 0 Å². The zero-order valence-electron chi connectivity index (χ0n) is 9.60. The molecule has 0 aliphatic heterocycles. The molecule has 9 nitrogen and oxygen atoms in total. The zero-order valence-corrected chi connectivity index (χ0v) is 9.60. The number of aromatic nitrogens is 1. The third kappa shape index (κ3) is 1.96. The highest BCUT2D eigenvalue weighted by atomic mass is 16.6. The molecule has 0 saturated heterocycles. The van der Waals surface area contributed by atoms with Crippen LogP contribution in [-0.4, -0.2) is 37.2 Å². The van der Waals surface area contributed by atoms with Gasteiger partial charge in [0.1, 0.15) is 11.3 Å². The number of hydrogen-bond acceptors (Lipinski definition) is 6. The summed E-state index contributed by atoms with van der Waals surface area (Å²) in [5, 5.41) is 38.2. The second-order valence-corrected chi connectivity index (χ2v) is 3.75. The van der Waals surface area contributed by atoms with Crippen LogP contribution in [0.5, 0.6) is 5.75 Å². The molecule has 1 aromatic carbocycles. The minimum atomic E-state index is -1.66. The van der Waals surface area contributed by atoms with Crippen LogP contribution in [0.2, 0.25) is 0 Å². The van der Waals surface area contributed by atoms with Crippen molar-refractivity contribution in [1.29, 1.82) is 0 Å². The van der Waals surface area contributed by atoms with Gasteiger partial charge in [-0.25, -0.2) is 14.6 Å². The third-order valence-electron chi connectivity index (χ3n) is 2.57. The lowest BCUT2D eigenvalue weighted by molar-refractivity contribution is -0.384. The van der Waals surface area contributed by atoms with E-state index in [1.165, 1.54) is 0 Å². The van der Waals surface area contributed by atoms with E-state index in [0.29, 0.717) is 0 Å². The van der Waals surface area contributed by atoms with Gasteiger partial charge in [-0.15, -0.1) is 0 Å². The van der Waals surface area contributed by atoms with Crippen LogP contribution in [-0.2, 0) is 0 Å². The minimum absolute atomic E-state index is 0.0852. The molecule has 0 unspecified atom stereocenters. The molecule has 0 radical (unpaired) electrons. The fourth-order valence-electron chi connectivity index (χ4n) is 1.71. The number of carbonyl (C=O) groups is 2. The molecular formula is C11H6N2O7. The van der Waals surface area contributed by atoms with Crippen LogP contribution in [0.15, 0.2) is 18.2 Å². The topological polar surface area (TPSA) is 151 Å². The van der Waals surface area contributed by atoms with Crippen molar-refractivity contribution in [3.05, 3.63) is 39.6 Å². The SMILES string of the molecule is O=C(O)c1nc2cc([N+](=O)[O-])ccc2c(O)c1C(=O)O. The number of carboxylic acids is 2. The van der Waals surface area contributed by atoms with E-state index in [9.17, 15) is 24.8 Å². The van der Waals surface area contributed by atoms with E-state index in [0.717, 1.165) is 18.2 Å². The van der Waals surface area contributed by atoms with E-state index in [2.05, 4.69) is 4.98 Å². The number of benzene rings is 1. The maximum Gasteiger partial charge on any atom is 0.355 e. The van der Waals surface area contributed by atoms with Crippen molar-refractivity contribution in [1.82, 2.24) is 4.98 Å². The first-order chi connectivity index (χ1) is 9.32. The lowest BCUT2D eigenvalue weighted by Crippen LogP contribution is -2.11. The van der Waals surface area contributed by atoms with Crippen molar-refractivity contribution in [3.63, 3.8) is 0 Å². The van der Waals surface area contributed by atoms with Gasteiger partial charge in [0.25, 0.3) is 5.69 Å². The molecule has 0 fully saturated rings. The molecular weight excluding hydrogens is 272 g/mol. The number of carboxylic acid groups (broad SMARTS) is 2. The van der Waals surface area contributed by atoms with Gasteiger partial charge in [0.05, 0.1) is 10.4 Å². The highest BCUT2D eigenvalue weighted by molar-refractivity contribution is 6.07. The maximum absolute atomic E-state index is 11.0. The third-order valence-corrected chi connectivity index (χ3v) is 2.57.